The average Bonchev–Trinajstić information content (AvgIpc) is 2.52. The zero-order valence-electron chi connectivity index (χ0n) is 8.98. The quantitative estimate of drug-likeness (QED) is 0.532. The molecule has 0 fully saturated rings. The van der Waals surface area contributed by atoms with Crippen molar-refractivity contribution < 1.29 is 17.9 Å². The van der Waals surface area contributed by atoms with Crippen LogP contribution >= 0.6 is 38.9 Å². The summed E-state index contributed by atoms with van der Waals surface area (Å²) in [6.45, 7) is 0.730. The number of ether oxygens (including phenoxy) is 1. The molecule has 0 aliphatic rings. The van der Waals surface area contributed by atoms with Crippen LogP contribution in [0.25, 0.3) is 0 Å². The van der Waals surface area contributed by atoms with Crippen molar-refractivity contribution in [3.05, 3.63) is 20.3 Å². The molecule has 0 N–H and O–H groups in total. The van der Waals surface area contributed by atoms with Gasteiger partial charge in [-0.3, -0.25) is 0 Å². The molecular weight excluding hydrogens is 341 g/mol. The number of thiophene rings is 1. The maximum Gasteiger partial charge on any atom is 0.411 e. The minimum atomic E-state index is -4.27. The van der Waals surface area contributed by atoms with E-state index in [4.69, 9.17) is 11.6 Å². The molecule has 0 aromatic carbocycles. The minimum Gasteiger partial charge on any atom is -0.372 e. The monoisotopic (exact) mass is 350 g/mol. The number of hydrogen-bond donors (Lipinski definition) is 0. The Kier molecular flexibility index (Phi) is 5.76. The summed E-state index contributed by atoms with van der Waals surface area (Å²) in [4.78, 5) is 2.04. The summed E-state index contributed by atoms with van der Waals surface area (Å²) in [6, 6.07) is 1.89. The van der Waals surface area contributed by atoms with Crippen LogP contribution in [-0.4, -0.2) is 19.4 Å². The molecule has 1 heterocycles. The molecule has 1 rings (SSSR count). The first-order valence-corrected chi connectivity index (χ1v) is 6.88. The highest BCUT2D eigenvalue weighted by Gasteiger charge is 2.27. The highest BCUT2D eigenvalue weighted by Crippen LogP contribution is 2.35. The van der Waals surface area contributed by atoms with E-state index in [2.05, 4.69) is 20.7 Å². The molecule has 17 heavy (non-hydrogen) atoms. The Morgan fingerprint density at radius 2 is 2.18 bits per heavy atom. The van der Waals surface area contributed by atoms with E-state index in [1.165, 1.54) is 11.3 Å². The highest BCUT2D eigenvalue weighted by molar-refractivity contribution is 9.10. The summed E-state index contributed by atoms with van der Waals surface area (Å²) in [6.07, 6.45) is -3.91. The van der Waals surface area contributed by atoms with Gasteiger partial charge in [0.05, 0.1) is 5.38 Å². The van der Waals surface area contributed by atoms with E-state index in [1.807, 2.05) is 13.0 Å². The number of aryl methyl sites for hydroxylation is 1. The lowest BCUT2D eigenvalue weighted by Crippen LogP contribution is -2.17. The smallest absolute Gasteiger partial charge is 0.372 e. The predicted molar refractivity (Wildman–Crippen MR) is 66.8 cm³/mol. The Balaban J connectivity index is 2.33. The molecule has 98 valence electrons. The lowest BCUT2D eigenvalue weighted by molar-refractivity contribution is -0.174. The van der Waals surface area contributed by atoms with E-state index in [9.17, 15) is 13.2 Å². The van der Waals surface area contributed by atoms with Crippen molar-refractivity contribution in [3.63, 3.8) is 0 Å². The first-order valence-electron chi connectivity index (χ1n) is 4.84. The Morgan fingerprint density at radius 1 is 1.53 bits per heavy atom. The van der Waals surface area contributed by atoms with Gasteiger partial charge in [0, 0.05) is 20.8 Å². The van der Waals surface area contributed by atoms with E-state index in [0.29, 0.717) is 6.42 Å². The number of rotatable bonds is 5. The third kappa shape index (κ3) is 5.59. The Bertz CT molecular complexity index is 347. The van der Waals surface area contributed by atoms with E-state index in [-0.39, 0.29) is 12.0 Å². The zero-order valence-corrected chi connectivity index (χ0v) is 12.1. The molecule has 0 saturated carbocycles. The van der Waals surface area contributed by atoms with Crippen LogP contribution in [-0.2, 0) is 4.74 Å². The molecule has 7 heteroatoms. The van der Waals surface area contributed by atoms with Crippen molar-refractivity contribution in [3.8, 4) is 0 Å². The molecular formula is C10H11BrClF3OS. The van der Waals surface area contributed by atoms with Gasteiger partial charge in [-0.15, -0.1) is 22.9 Å². The predicted octanol–water partition coefficient (Wildman–Crippen LogP) is 5.07. The van der Waals surface area contributed by atoms with Gasteiger partial charge in [-0.1, -0.05) is 0 Å². The topological polar surface area (TPSA) is 9.23 Å². The fraction of sp³-hybridized carbons (Fsp3) is 0.600. The van der Waals surface area contributed by atoms with Gasteiger partial charge in [0.2, 0.25) is 0 Å². The fourth-order valence-corrected chi connectivity index (χ4v) is 3.01. The SMILES string of the molecule is Cc1sc(C(Cl)CCOCC(F)(F)F)cc1Br. The van der Waals surface area contributed by atoms with Gasteiger partial charge in [0.15, 0.2) is 0 Å². The van der Waals surface area contributed by atoms with Gasteiger partial charge in [-0.05, 0) is 35.3 Å². The van der Waals surface area contributed by atoms with E-state index >= 15 is 0 Å². The molecule has 1 nitrogen and oxygen atoms in total. The summed E-state index contributed by atoms with van der Waals surface area (Å²) in [5.41, 5.74) is 0. The van der Waals surface area contributed by atoms with Crippen molar-refractivity contribution in [2.75, 3.05) is 13.2 Å². The minimum absolute atomic E-state index is 0.00223. The summed E-state index contributed by atoms with van der Waals surface area (Å²) in [7, 11) is 0. The first kappa shape index (κ1) is 15.3. The molecule has 1 aromatic rings. The Morgan fingerprint density at radius 3 is 2.65 bits per heavy atom. The summed E-state index contributed by atoms with van der Waals surface area (Å²) >= 11 is 11.0. The molecule has 0 bridgehead atoms. The summed E-state index contributed by atoms with van der Waals surface area (Å²) in [5, 5.41) is -0.307. The third-order valence-corrected chi connectivity index (χ3v) is 4.80. The van der Waals surface area contributed by atoms with E-state index in [0.717, 1.165) is 14.2 Å². The van der Waals surface area contributed by atoms with E-state index < -0.39 is 12.8 Å². The number of halogens is 5. The zero-order chi connectivity index (χ0) is 13.1. The van der Waals surface area contributed by atoms with Gasteiger partial charge in [-0.2, -0.15) is 13.2 Å². The molecule has 0 radical (unpaired) electrons. The molecule has 1 aromatic heterocycles. The van der Waals surface area contributed by atoms with Crippen molar-refractivity contribution in [2.24, 2.45) is 0 Å². The van der Waals surface area contributed by atoms with Crippen LogP contribution in [0.4, 0.5) is 13.2 Å². The molecule has 1 unspecified atom stereocenters. The van der Waals surface area contributed by atoms with Crippen molar-refractivity contribution in [1.29, 1.82) is 0 Å². The van der Waals surface area contributed by atoms with Crippen molar-refractivity contribution in [2.45, 2.75) is 24.9 Å². The van der Waals surface area contributed by atoms with Gasteiger partial charge >= 0.3 is 6.18 Å². The van der Waals surface area contributed by atoms with Crippen molar-refractivity contribution >= 4 is 38.9 Å². The molecule has 0 aliphatic carbocycles. The average molecular weight is 352 g/mol. The molecule has 0 saturated heterocycles. The number of alkyl halides is 4. The fourth-order valence-electron chi connectivity index (χ4n) is 1.15. The summed E-state index contributed by atoms with van der Waals surface area (Å²) in [5.74, 6) is 0. The maximum atomic E-state index is 11.8. The van der Waals surface area contributed by atoms with Gasteiger partial charge < -0.3 is 4.74 Å². The van der Waals surface area contributed by atoms with E-state index in [1.54, 1.807) is 0 Å². The van der Waals surface area contributed by atoms with Gasteiger partial charge in [-0.25, -0.2) is 0 Å². The second-order valence-corrected chi connectivity index (χ2v) is 6.15. The van der Waals surface area contributed by atoms with Crippen LogP contribution in [0.15, 0.2) is 10.5 Å². The highest BCUT2D eigenvalue weighted by atomic mass is 79.9. The van der Waals surface area contributed by atoms with Crippen LogP contribution < -0.4 is 0 Å². The van der Waals surface area contributed by atoms with Crippen LogP contribution in [0.5, 0.6) is 0 Å². The van der Waals surface area contributed by atoms with Crippen LogP contribution in [0.2, 0.25) is 0 Å². The second kappa shape index (κ2) is 6.41. The van der Waals surface area contributed by atoms with Crippen LogP contribution in [0.1, 0.15) is 21.6 Å². The third-order valence-electron chi connectivity index (χ3n) is 1.97. The van der Waals surface area contributed by atoms with Crippen LogP contribution in [0.3, 0.4) is 0 Å². The molecule has 0 aliphatic heterocycles. The normalized spacial score (nSPS) is 14.0. The lowest BCUT2D eigenvalue weighted by Gasteiger charge is -2.09. The lowest BCUT2D eigenvalue weighted by atomic mass is 10.2. The summed E-state index contributed by atoms with van der Waals surface area (Å²) < 4.78 is 40.9. The van der Waals surface area contributed by atoms with Crippen LogP contribution in [0, 0.1) is 6.92 Å². The largest absolute Gasteiger partial charge is 0.411 e. The molecule has 0 spiro atoms. The second-order valence-electron chi connectivity index (χ2n) is 3.48. The first-order chi connectivity index (χ1) is 7.79. The molecule has 1 atom stereocenters. The van der Waals surface area contributed by atoms with Crippen molar-refractivity contribution in [1.82, 2.24) is 0 Å². The van der Waals surface area contributed by atoms with Gasteiger partial charge in [0.25, 0.3) is 0 Å². The number of hydrogen-bond acceptors (Lipinski definition) is 2. The Hall–Kier alpha value is 0.220. The Labute approximate surface area is 115 Å². The maximum absolute atomic E-state index is 11.8. The standard InChI is InChI=1S/C10H11BrClF3OS/c1-6-7(11)4-9(17-6)8(12)2-3-16-5-10(13,14)15/h4,8H,2-3,5H2,1H3. The molecule has 0 amide bonds. The van der Waals surface area contributed by atoms with Gasteiger partial charge in [0.1, 0.15) is 6.61 Å².